The molecule has 3 aromatic rings. The van der Waals surface area contributed by atoms with Crippen molar-refractivity contribution in [1.82, 2.24) is 0 Å². The molecule has 3 aromatic carbocycles. The number of rotatable bonds is 14. The Balaban J connectivity index is 1.22. The maximum Gasteiger partial charge on any atom is 0.338 e. The summed E-state index contributed by atoms with van der Waals surface area (Å²) in [5.74, 6) is 0.627. The topological polar surface area (TPSA) is 91.6 Å². The van der Waals surface area contributed by atoms with Gasteiger partial charge in [-0.25, -0.2) is 4.79 Å². The second-order valence-corrected chi connectivity index (χ2v) is 13.4. The van der Waals surface area contributed by atoms with Gasteiger partial charge in [-0.15, -0.1) is 0 Å². The first kappa shape index (κ1) is 36.3. The molecule has 52 heavy (non-hydrogen) atoms. The Hall–Kier alpha value is -5.47. The lowest BCUT2D eigenvalue weighted by Gasteiger charge is -2.33. The van der Waals surface area contributed by atoms with Gasteiger partial charge in [-0.05, 0) is 98.5 Å². The highest BCUT2D eigenvalue weighted by Crippen LogP contribution is 2.40. The normalized spacial score (nSPS) is 16.9. The number of ether oxygens (including phenoxy) is 3. The summed E-state index contributed by atoms with van der Waals surface area (Å²) in [6, 6.07) is 23.8. The van der Waals surface area contributed by atoms with E-state index in [1.165, 1.54) is 0 Å². The number of esters is 1. The molecule has 1 saturated heterocycles. The highest BCUT2D eigenvalue weighted by molar-refractivity contribution is 6.39. The molecule has 1 N–H and O–H groups in total. The van der Waals surface area contributed by atoms with Crippen molar-refractivity contribution < 1.29 is 33.5 Å². The Morgan fingerprint density at radius 2 is 1.46 bits per heavy atom. The average molecular weight is 700 g/mol. The molecule has 3 aliphatic rings. The van der Waals surface area contributed by atoms with E-state index in [-0.39, 0.29) is 29.7 Å². The predicted octanol–water partition coefficient (Wildman–Crippen LogP) is 9.13. The van der Waals surface area contributed by atoms with E-state index in [4.69, 9.17) is 14.2 Å². The largest absolute Gasteiger partial charge is 0.506 e. The first-order valence-electron chi connectivity index (χ1n) is 18.1. The monoisotopic (exact) mass is 699 g/mol. The van der Waals surface area contributed by atoms with Crippen LogP contribution in [0.2, 0.25) is 0 Å². The number of carbonyl (C=O) groups excluding carboxylic acids is 2. The summed E-state index contributed by atoms with van der Waals surface area (Å²) in [6.07, 6.45) is 10.7. The zero-order valence-electron chi connectivity index (χ0n) is 30.6. The molecule has 0 aromatic heterocycles. The fraction of sp³-hybridized carbons (Fsp3) is 0.295. The van der Waals surface area contributed by atoms with Crippen molar-refractivity contribution in [2.24, 2.45) is 0 Å². The highest BCUT2D eigenvalue weighted by Gasteiger charge is 2.37. The number of anilines is 2. The van der Waals surface area contributed by atoms with Gasteiger partial charge in [0, 0.05) is 53.7 Å². The van der Waals surface area contributed by atoms with Crippen LogP contribution < -0.4 is 14.4 Å². The number of ketones is 1. The van der Waals surface area contributed by atoms with E-state index in [9.17, 15) is 14.7 Å². The highest BCUT2D eigenvalue weighted by atomic mass is 16.6. The van der Waals surface area contributed by atoms with E-state index in [0.717, 1.165) is 54.4 Å². The van der Waals surface area contributed by atoms with Crippen LogP contribution in [0.1, 0.15) is 59.4 Å². The van der Waals surface area contributed by atoms with Gasteiger partial charge in [0.15, 0.2) is 6.04 Å². The summed E-state index contributed by atoms with van der Waals surface area (Å²) in [6.45, 7) is 15.2. The van der Waals surface area contributed by atoms with Crippen LogP contribution in [-0.2, 0) is 14.3 Å². The number of carbonyl (C=O) groups is 2. The van der Waals surface area contributed by atoms with Gasteiger partial charge in [-0.2, -0.15) is 4.58 Å². The molecule has 2 aliphatic carbocycles. The lowest BCUT2D eigenvalue weighted by molar-refractivity contribution is -0.479. The fourth-order valence-corrected chi connectivity index (χ4v) is 6.51. The Bertz CT molecular complexity index is 1970. The first-order chi connectivity index (χ1) is 25.1. The minimum atomic E-state index is -0.463. The number of allylic oxidation sites excluding steroid dienone is 7. The maximum absolute atomic E-state index is 13.6. The number of hydrogen-bond acceptors (Lipinski definition) is 7. The molecule has 6 rings (SSSR count). The third kappa shape index (κ3) is 7.72. The van der Waals surface area contributed by atoms with Gasteiger partial charge in [-0.1, -0.05) is 39.5 Å². The van der Waals surface area contributed by atoms with Crippen LogP contribution in [0.3, 0.4) is 0 Å². The summed E-state index contributed by atoms with van der Waals surface area (Å²) in [4.78, 5) is 27.8. The molecule has 8 nitrogen and oxygen atoms in total. The molecular weight excluding hydrogens is 652 g/mol. The van der Waals surface area contributed by atoms with E-state index in [1.807, 2.05) is 72.8 Å². The van der Waals surface area contributed by atoms with Gasteiger partial charge in [0.1, 0.15) is 30.0 Å². The van der Waals surface area contributed by atoms with E-state index in [1.54, 1.807) is 19.1 Å². The molecule has 0 spiro atoms. The smallest absolute Gasteiger partial charge is 0.338 e. The number of hydrogen-bond donors (Lipinski definition) is 1. The van der Waals surface area contributed by atoms with Crippen LogP contribution in [0.4, 0.5) is 17.1 Å². The molecule has 1 heterocycles. The molecule has 0 bridgehead atoms. The van der Waals surface area contributed by atoms with Crippen LogP contribution in [0.15, 0.2) is 126 Å². The van der Waals surface area contributed by atoms with Crippen molar-refractivity contribution in [3.63, 3.8) is 0 Å². The van der Waals surface area contributed by atoms with Crippen LogP contribution >= 0.6 is 0 Å². The maximum atomic E-state index is 13.6. The Morgan fingerprint density at radius 3 is 1.98 bits per heavy atom. The Morgan fingerprint density at radius 1 is 0.885 bits per heavy atom. The van der Waals surface area contributed by atoms with E-state index < -0.39 is 5.97 Å². The van der Waals surface area contributed by atoms with Gasteiger partial charge in [0.25, 0.3) is 0 Å². The van der Waals surface area contributed by atoms with Gasteiger partial charge < -0.3 is 24.2 Å². The van der Waals surface area contributed by atoms with Crippen molar-refractivity contribution >= 4 is 40.1 Å². The molecule has 2 atom stereocenters. The number of Topliss-reactive ketones (excluding diaryl/α,β-unsaturated/α-hetero) is 1. The molecule has 0 radical (unpaired) electrons. The van der Waals surface area contributed by atoms with E-state index in [0.29, 0.717) is 40.2 Å². The van der Waals surface area contributed by atoms with Crippen molar-refractivity contribution in [1.29, 1.82) is 0 Å². The van der Waals surface area contributed by atoms with Gasteiger partial charge in [0.05, 0.1) is 17.8 Å². The van der Waals surface area contributed by atoms with Crippen molar-refractivity contribution in [2.45, 2.75) is 72.1 Å². The summed E-state index contributed by atoms with van der Waals surface area (Å²) in [5.41, 5.74) is 6.27. The zero-order chi connectivity index (χ0) is 36.9. The molecule has 1 fully saturated rings. The molecule has 8 heteroatoms. The molecule has 0 amide bonds. The molecule has 1 aliphatic heterocycles. The minimum Gasteiger partial charge on any atom is -0.506 e. The summed E-state index contributed by atoms with van der Waals surface area (Å²) in [5, 5.41) is 11.2. The Kier molecular flexibility index (Phi) is 11.1. The average Bonchev–Trinajstić information content (AvgIpc) is 4.00. The number of benzene rings is 3. The number of nitrogens with zero attached hydrogens (tertiary/aromatic N) is 2. The predicted molar refractivity (Wildman–Crippen MR) is 206 cm³/mol. The number of aliphatic hydroxyl groups excluding tert-OH is 1. The standard InChI is InChI=1S/C44H46N2O6/c1-7-29(6)45(34-20-24-38(25-21-34)52-44(49)28(4)5)33-14-10-30(11-15-33)40-42(47)41(43(40)48)31-12-16-35(17-13-31)46(32(8-2)9-3)36-18-22-37(23-19-36)50-26-39-27-51-39/h10-25,29,32,39H,4,7-9,26-27H2,1-3,5-6H3/p+1. The molecule has 0 saturated carbocycles. The number of aliphatic hydroxyl groups is 1. The van der Waals surface area contributed by atoms with Crippen molar-refractivity contribution in [3.05, 3.63) is 132 Å². The molecule has 2 unspecified atom stereocenters. The van der Waals surface area contributed by atoms with Gasteiger partial charge in [-0.3, -0.25) is 4.79 Å². The van der Waals surface area contributed by atoms with Crippen molar-refractivity contribution in [3.8, 4) is 11.5 Å². The second kappa shape index (κ2) is 15.8. The lowest BCUT2D eigenvalue weighted by Crippen LogP contribution is -2.30. The summed E-state index contributed by atoms with van der Waals surface area (Å²) >= 11 is 0. The van der Waals surface area contributed by atoms with Crippen LogP contribution in [0, 0.1) is 0 Å². The summed E-state index contributed by atoms with van der Waals surface area (Å²) < 4.78 is 18.7. The fourth-order valence-electron chi connectivity index (χ4n) is 6.51. The van der Waals surface area contributed by atoms with Crippen LogP contribution in [0.5, 0.6) is 11.5 Å². The first-order valence-corrected chi connectivity index (χ1v) is 18.1. The van der Waals surface area contributed by atoms with Crippen LogP contribution in [0.25, 0.3) is 5.57 Å². The quantitative estimate of drug-likeness (QED) is 0.0590. The second-order valence-electron chi connectivity index (χ2n) is 13.4. The number of epoxide rings is 1. The van der Waals surface area contributed by atoms with Gasteiger partial charge >= 0.3 is 5.97 Å². The summed E-state index contributed by atoms with van der Waals surface area (Å²) in [7, 11) is 0. The minimum absolute atomic E-state index is 0.00761. The van der Waals surface area contributed by atoms with Crippen molar-refractivity contribution in [2.75, 3.05) is 18.1 Å². The van der Waals surface area contributed by atoms with E-state index >= 15 is 0 Å². The van der Waals surface area contributed by atoms with Gasteiger partial charge in [0.2, 0.25) is 17.2 Å². The Labute approximate surface area is 306 Å². The third-order valence-electron chi connectivity index (χ3n) is 9.76. The lowest BCUT2D eigenvalue weighted by atomic mass is 9.80. The zero-order valence-corrected chi connectivity index (χ0v) is 30.6. The molecule has 268 valence electrons. The SMILES string of the molecule is C=C(C)C(=O)Oc1ccc([N+](=C2C=CC(=C3C(=O)C(c4ccc(N(c5ccc(OCC6CO6)cc5)C(CC)CC)cc4)=C3O)C=C2)C(C)CC)cc1. The third-order valence-corrected chi connectivity index (χ3v) is 9.76. The van der Waals surface area contributed by atoms with Crippen LogP contribution in [-0.4, -0.2) is 58.5 Å². The van der Waals surface area contributed by atoms with E-state index in [2.05, 4.69) is 55.9 Å². The molecular formula is C44H47N2O6+.